The van der Waals surface area contributed by atoms with Gasteiger partial charge in [0.2, 0.25) is 0 Å². The molecule has 0 aromatic carbocycles. The van der Waals surface area contributed by atoms with Crippen LogP contribution in [0.2, 0.25) is 372 Å². The molecule has 29 nitrogen and oxygen atoms in total. The first-order chi connectivity index (χ1) is 50.5. The second kappa shape index (κ2) is 43.7. The van der Waals surface area contributed by atoms with Crippen molar-refractivity contribution in [2.24, 2.45) is 0 Å². The summed E-state index contributed by atoms with van der Waals surface area (Å²) >= 11 is 0. The zero-order chi connectivity index (χ0) is 93.6. The first-order valence-electron chi connectivity index (χ1n) is 41.5. The monoisotopic (exact) mass is 2180 g/mol. The van der Waals surface area contributed by atoms with Crippen molar-refractivity contribution >= 4 is 259 Å². The summed E-state index contributed by atoms with van der Waals surface area (Å²) in [5.41, 5.74) is 0.712. The third-order valence-corrected chi connectivity index (χ3v) is 127. The first kappa shape index (κ1) is 122. The van der Waals surface area contributed by atoms with Crippen LogP contribution in [0.25, 0.3) is 0 Å². The van der Waals surface area contributed by atoms with Gasteiger partial charge in [0, 0.05) is 5.67 Å². The lowest BCUT2D eigenvalue weighted by molar-refractivity contribution is 0.245. The largest absolute Gasteiger partial charge is 0.441 e. The van der Waals surface area contributed by atoms with Gasteiger partial charge in [0.25, 0.3) is 36.5 Å². The van der Waals surface area contributed by atoms with E-state index in [9.17, 15) is 4.46 Å². The lowest BCUT2D eigenvalue weighted by atomic mass is 11.0. The van der Waals surface area contributed by atoms with E-state index in [1.54, 1.807) is 0 Å². The molecule has 0 N–H and O–H groups in total. The van der Waals surface area contributed by atoms with Gasteiger partial charge < -0.3 is 120 Å². The Morgan fingerprint density at radius 2 is 0.299 bits per heavy atom. The molecule has 117 heavy (non-hydrogen) atoms. The first-order valence-corrected chi connectivity index (χ1v) is 123. The van der Waals surface area contributed by atoms with Crippen LogP contribution in [0.4, 0.5) is 0 Å². The lowest BCUT2D eigenvalue weighted by Gasteiger charge is -2.45. The minimum atomic E-state index is -2.93. The highest BCUT2D eigenvalue weighted by Gasteiger charge is 2.57. The van der Waals surface area contributed by atoms with Gasteiger partial charge in [-0.3, -0.25) is 0 Å². The van der Waals surface area contributed by atoms with Crippen molar-refractivity contribution in [2.45, 2.75) is 379 Å². The maximum atomic E-state index is 12.1. The molecule has 0 fully saturated rings. The summed E-state index contributed by atoms with van der Waals surface area (Å²) < 4.78 is 204. The van der Waals surface area contributed by atoms with Gasteiger partial charge in [-0.25, -0.2) is 0 Å². The molecule has 0 heterocycles. The second-order valence-corrected chi connectivity index (χ2v) is 146. The van der Waals surface area contributed by atoms with E-state index in [-0.39, 0.29) is 0 Å². The SMILES string of the molecule is CC[Si](=O)C[SiH](C)O[SiH](C)O[SiH](C)O[SiH](C)O[Si](C)(C)O[Si](C)(C)O[Si](C)(C)O[Si](C)(C)O[Si](C)(C)O[Si](C)(C)O[Si](C)(C)O[Si](C)(C)O[Si](C)(C)O[Si](C)(C)O[Si](C)(C)O[Si](C)(C)O[Si](C)(C)O[Si](C)(C)O[Si](C)(C)O[Si](C)(C)O[Si](C)(C)O[Si](C)(C)O[Si](C)(C)O[Si](C)(C)O[Si](C)(C)O[Si](C)(C)O[Si](C)(C)O[Si](C)(C)O[Si](C)(C)C. The quantitative estimate of drug-likeness (QED) is 0.0512. The highest BCUT2D eigenvalue weighted by Crippen LogP contribution is 2.37. The van der Waals surface area contributed by atoms with Crippen LogP contribution in [0.5, 0.6) is 0 Å². The van der Waals surface area contributed by atoms with E-state index < -0.39 is 259 Å². The fraction of sp³-hybridized carbons (Fsp3) is 1.00. The molecule has 0 aliphatic rings. The van der Waals surface area contributed by atoms with Gasteiger partial charge in [0.05, 0.1) is 0 Å². The number of hydrogen-bond donors (Lipinski definition) is 0. The third kappa shape index (κ3) is 58.1. The summed E-state index contributed by atoms with van der Waals surface area (Å²) in [5, 5.41) is 0. The minimum Gasteiger partial charge on any atom is -0.441 e. The summed E-state index contributed by atoms with van der Waals surface area (Å²) in [7, 11) is -79.3. The molecule has 4 atom stereocenters. The summed E-state index contributed by atoms with van der Waals surface area (Å²) in [6, 6.07) is 0.718. The average molecular weight is 2180 g/mol. The standard InChI is InChI=1S/C58H176O29Si30/c1-57-92(59)58-88(2)60-89(3)61-90(4)62-91(5)63-94(9,10)65-96(13,14)67-98(17,18)69-100(21,22)71-102(25,26)73-104(29,30)75-106(33,34)77-108(37,38)79-110(41,42)81-112(45,46)83-114(49,50)85-116(53,54)87-117(55,56)86-115(51,52)84-113(47,48)82-111(43,44)80-109(39,40)78-107(35,36)76-105(31,32)74-103(27,28)72-101(23,24)70-99(19,20)68-97(15,16)66-95(11,12)64-93(6,7)8/h88-91H,57-58H2,1-56H3. The van der Waals surface area contributed by atoms with Crippen LogP contribution < -0.4 is 0 Å². The van der Waals surface area contributed by atoms with Gasteiger partial charge in [-0.05, 0) is 366 Å². The van der Waals surface area contributed by atoms with E-state index >= 15 is 0 Å². The smallest absolute Gasteiger partial charge is 0.314 e. The molecule has 0 saturated carbocycles. The highest BCUT2D eigenvalue weighted by molar-refractivity contribution is 6.98. The third-order valence-electron chi connectivity index (χ3n) is 14.4. The number of rotatable bonds is 59. The molecule has 702 valence electrons. The zero-order valence-electron chi connectivity index (χ0n) is 84.6. The Morgan fingerprint density at radius 3 is 0.436 bits per heavy atom. The fourth-order valence-electron chi connectivity index (χ4n) is 16.7. The van der Waals surface area contributed by atoms with Crippen molar-refractivity contribution in [1.29, 1.82) is 0 Å². The van der Waals surface area contributed by atoms with Crippen LogP contribution in [0, 0.1) is 0 Å². The Morgan fingerprint density at radius 1 is 0.179 bits per heavy atom. The van der Waals surface area contributed by atoms with Gasteiger partial charge in [0.15, 0.2) is 17.4 Å². The van der Waals surface area contributed by atoms with Crippen LogP contribution in [0.15, 0.2) is 0 Å². The zero-order valence-corrected chi connectivity index (χ0v) is 115. The predicted molar refractivity (Wildman–Crippen MR) is 547 cm³/mol. The van der Waals surface area contributed by atoms with Crippen LogP contribution in [-0.4, -0.2) is 259 Å². The minimum absolute atomic E-state index is 0.712. The van der Waals surface area contributed by atoms with E-state index in [0.717, 1.165) is 6.04 Å². The van der Waals surface area contributed by atoms with E-state index in [0.29, 0.717) is 5.67 Å². The summed E-state index contributed by atoms with van der Waals surface area (Å²) in [6.07, 6.45) is 0. The summed E-state index contributed by atoms with van der Waals surface area (Å²) in [5.74, 6) is 0. The van der Waals surface area contributed by atoms with Crippen molar-refractivity contribution < 1.29 is 120 Å². The van der Waals surface area contributed by atoms with Crippen molar-refractivity contribution in [1.82, 2.24) is 0 Å². The Balaban J connectivity index is 5.88. The van der Waals surface area contributed by atoms with Gasteiger partial charge in [-0.15, -0.1) is 0 Å². The molecule has 4 unspecified atom stereocenters. The van der Waals surface area contributed by atoms with Crippen LogP contribution in [0.1, 0.15) is 6.92 Å². The van der Waals surface area contributed by atoms with E-state index in [2.05, 4.69) is 249 Å². The second-order valence-electron chi connectivity index (χ2n) is 42.3. The van der Waals surface area contributed by atoms with Gasteiger partial charge in [-0.1, -0.05) is 6.92 Å². The molecule has 0 radical (unpaired) electrons. The predicted octanol–water partition coefficient (Wildman–Crippen LogP) is 19.0. The van der Waals surface area contributed by atoms with Gasteiger partial charge in [0.1, 0.15) is 0 Å². The molecule has 0 amide bonds. The lowest BCUT2D eigenvalue weighted by Crippen LogP contribution is -2.63. The molecule has 0 saturated heterocycles. The molecular formula is C58H176O29Si30. The van der Waals surface area contributed by atoms with E-state index in [1.165, 1.54) is 0 Å². The van der Waals surface area contributed by atoms with Crippen molar-refractivity contribution in [3.63, 3.8) is 0 Å². The molecular weight excluding hydrogens is 2000 g/mol. The topological polar surface area (TPSA) is 276 Å². The Labute approximate surface area is 750 Å². The molecule has 0 aromatic heterocycles. The fourth-order valence-corrected chi connectivity index (χ4v) is 162. The maximum absolute atomic E-state index is 12.1. The van der Waals surface area contributed by atoms with Gasteiger partial charge >= 0.3 is 205 Å². The van der Waals surface area contributed by atoms with Crippen molar-refractivity contribution in [3.8, 4) is 0 Å². The molecule has 0 aromatic rings. The average Bonchev–Trinajstić information content (AvgIpc) is 0.803. The normalized spacial score (nSPS) is 16.8. The molecule has 0 rings (SSSR count). The summed E-state index contributed by atoms with van der Waals surface area (Å²) in [6.45, 7) is 115. The van der Waals surface area contributed by atoms with E-state index in [1.807, 2.05) is 118 Å². The van der Waals surface area contributed by atoms with Crippen LogP contribution >= 0.6 is 0 Å². The molecule has 59 heteroatoms. The van der Waals surface area contributed by atoms with Gasteiger partial charge in [-0.2, -0.15) is 0 Å². The van der Waals surface area contributed by atoms with Crippen molar-refractivity contribution in [2.75, 3.05) is 0 Å². The van der Waals surface area contributed by atoms with Crippen LogP contribution in [0.3, 0.4) is 0 Å². The molecule has 0 aliphatic heterocycles. The van der Waals surface area contributed by atoms with E-state index in [4.69, 9.17) is 115 Å². The number of hydrogen-bond acceptors (Lipinski definition) is 29. The Bertz CT molecular complexity index is 3080. The maximum Gasteiger partial charge on any atom is 0.314 e. The molecule has 0 spiro atoms. The summed E-state index contributed by atoms with van der Waals surface area (Å²) in [4.78, 5) is 0. The Kier molecular flexibility index (Phi) is 45.6. The molecule has 0 aliphatic carbocycles. The Hall–Kier alpha value is 5.19. The molecule has 0 bridgehead atoms. The van der Waals surface area contributed by atoms with Crippen molar-refractivity contribution in [3.05, 3.63) is 0 Å². The van der Waals surface area contributed by atoms with Crippen LogP contribution in [-0.2, 0) is 120 Å². The highest BCUT2D eigenvalue weighted by atomic mass is 28.6.